The first-order chi connectivity index (χ1) is 24.5. The molecule has 51 heavy (non-hydrogen) atoms. The molecule has 1 fully saturated rings. The number of nitrogens with one attached hydrogen (secondary N) is 1. The van der Waals surface area contributed by atoms with Gasteiger partial charge in [0.2, 0.25) is 15.9 Å². The Kier molecular flexibility index (Phi) is 13.0. The molecule has 0 saturated carbocycles. The number of amides is 3. The van der Waals surface area contributed by atoms with Crippen molar-refractivity contribution in [3.63, 3.8) is 0 Å². The standard InChI is InChI=1S/C36H44N6O6S3/c1-25(2)34(42-18-17-40(36(42)45)22-29-24-50-26(3)38-29)35(44)39-32(20-27-8-5-4-6-9-27)33(43)23-41(16-15-30-10-7-19-49-30)51(47,48)31-13-11-28(12-14-31)21-37-46/h4-14,19,21,24-25,32-34,43,46H,15-18,20,22-23H2,1-3H3,(H,39,44)/b37-21+/t32-,33+,34?/m0/s1. The number of hydrogen-bond donors (Lipinski definition) is 3. The van der Waals surface area contributed by atoms with Gasteiger partial charge in [0.25, 0.3) is 0 Å². The minimum Gasteiger partial charge on any atom is -0.411 e. The highest BCUT2D eigenvalue weighted by molar-refractivity contribution is 7.89. The van der Waals surface area contributed by atoms with Crippen molar-refractivity contribution >= 4 is 50.8 Å². The first-order valence-electron chi connectivity index (χ1n) is 16.7. The number of hydrogen-bond acceptors (Lipinski definition) is 10. The molecule has 0 bridgehead atoms. The van der Waals surface area contributed by atoms with E-state index in [9.17, 15) is 23.1 Å². The Bertz CT molecular complexity index is 1870. The highest BCUT2D eigenvalue weighted by Gasteiger charge is 2.40. The van der Waals surface area contributed by atoms with Crippen molar-refractivity contribution in [2.75, 3.05) is 26.2 Å². The number of thiophene rings is 1. The molecule has 272 valence electrons. The maximum atomic E-state index is 14.2. The summed E-state index contributed by atoms with van der Waals surface area (Å²) in [4.78, 5) is 36.5. The Balaban J connectivity index is 1.38. The van der Waals surface area contributed by atoms with Crippen LogP contribution in [-0.2, 0) is 34.2 Å². The molecule has 2 aromatic carbocycles. The zero-order valence-electron chi connectivity index (χ0n) is 28.8. The molecule has 3 N–H and O–H groups in total. The number of thiazole rings is 1. The van der Waals surface area contributed by atoms with Crippen LogP contribution in [0.5, 0.6) is 0 Å². The van der Waals surface area contributed by atoms with Crippen molar-refractivity contribution in [3.05, 3.63) is 104 Å². The van der Waals surface area contributed by atoms with E-state index in [4.69, 9.17) is 5.21 Å². The molecular formula is C36H44N6O6S3. The van der Waals surface area contributed by atoms with E-state index in [1.807, 2.05) is 74.0 Å². The van der Waals surface area contributed by atoms with E-state index in [1.165, 1.54) is 57.5 Å². The van der Waals surface area contributed by atoms with Crippen LogP contribution in [0, 0.1) is 12.8 Å². The number of carbonyl (C=O) groups excluding carboxylic acids is 2. The second kappa shape index (κ2) is 17.4. The highest BCUT2D eigenvalue weighted by Crippen LogP contribution is 2.23. The Morgan fingerprint density at radius 2 is 1.82 bits per heavy atom. The third kappa shape index (κ3) is 9.80. The van der Waals surface area contributed by atoms with Crippen LogP contribution < -0.4 is 5.32 Å². The quantitative estimate of drug-likeness (QED) is 0.0809. The fourth-order valence-electron chi connectivity index (χ4n) is 6.18. The number of rotatable bonds is 17. The SMILES string of the molecule is Cc1nc(CN2CCN(C(C(=O)N[C@@H](Cc3ccccc3)[C@H](O)CN(CCc3cccs3)S(=O)(=O)c3ccc(/C=N/O)cc3)C(C)C)C2=O)cs1. The molecule has 0 radical (unpaired) electrons. The fraction of sp³-hybridized carbons (Fsp3) is 0.389. The summed E-state index contributed by atoms with van der Waals surface area (Å²) in [6, 6.07) is 17.2. The number of urea groups is 1. The summed E-state index contributed by atoms with van der Waals surface area (Å²) in [6.07, 6.45) is 0.554. The van der Waals surface area contributed by atoms with Crippen molar-refractivity contribution < 1.29 is 28.3 Å². The normalized spacial score (nSPS) is 15.6. The van der Waals surface area contributed by atoms with Crippen LogP contribution in [0.15, 0.2) is 87.5 Å². The molecule has 1 saturated heterocycles. The second-order valence-corrected chi connectivity index (χ2v) is 16.9. The van der Waals surface area contributed by atoms with Gasteiger partial charge in [-0.1, -0.05) is 67.5 Å². The minimum atomic E-state index is -4.10. The number of aliphatic hydroxyl groups excluding tert-OH is 1. The zero-order valence-corrected chi connectivity index (χ0v) is 31.3. The van der Waals surface area contributed by atoms with Gasteiger partial charge in [0, 0.05) is 36.4 Å². The Morgan fingerprint density at radius 1 is 1.08 bits per heavy atom. The number of sulfonamides is 1. The molecule has 3 atom stereocenters. The predicted octanol–water partition coefficient (Wildman–Crippen LogP) is 4.61. The van der Waals surface area contributed by atoms with Gasteiger partial charge in [0.15, 0.2) is 0 Å². The molecule has 12 nitrogen and oxygen atoms in total. The van der Waals surface area contributed by atoms with Crippen LogP contribution in [0.2, 0.25) is 0 Å². The predicted molar refractivity (Wildman–Crippen MR) is 199 cm³/mol. The summed E-state index contributed by atoms with van der Waals surface area (Å²) >= 11 is 3.04. The van der Waals surface area contributed by atoms with E-state index >= 15 is 0 Å². The largest absolute Gasteiger partial charge is 0.411 e. The monoisotopic (exact) mass is 752 g/mol. The number of aliphatic hydroxyl groups is 1. The van der Waals surface area contributed by atoms with Crippen molar-refractivity contribution in [2.45, 2.75) is 63.2 Å². The first kappa shape index (κ1) is 38.1. The topological polar surface area (TPSA) is 156 Å². The van der Waals surface area contributed by atoms with Crippen molar-refractivity contribution in [1.82, 2.24) is 24.4 Å². The van der Waals surface area contributed by atoms with Gasteiger partial charge in [0.1, 0.15) is 6.04 Å². The van der Waals surface area contributed by atoms with Gasteiger partial charge >= 0.3 is 6.03 Å². The van der Waals surface area contributed by atoms with Gasteiger partial charge in [-0.15, -0.1) is 22.7 Å². The van der Waals surface area contributed by atoms with Gasteiger partial charge in [0.05, 0.1) is 40.5 Å². The molecule has 4 aromatic rings. The summed E-state index contributed by atoms with van der Waals surface area (Å²) in [5, 5.41) is 31.5. The Morgan fingerprint density at radius 3 is 2.45 bits per heavy atom. The van der Waals surface area contributed by atoms with E-state index in [2.05, 4.69) is 15.5 Å². The number of nitrogens with zero attached hydrogens (tertiary/aromatic N) is 5. The summed E-state index contributed by atoms with van der Waals surface area (Å²) < 4.78 is 29.4. The van der Waals surface area contributed by atoms with Crippen molar-refractivity contribution in [3.8, 4) is 0 Å². The Hall–Kier alpha value is -4.15. The Labute approximate surface area is 307 Å². The molecule has 0 aliphatic carbocycles. The zero-order chi connectivity index (χ0) is 36.5. The van der Waals surface area contributed by atoms with Gasteiger partial charge in [-0.3, -0.25) is 4.79 Å². The number of aromatic nitrogens is 1. The van der Waals surface area contributed by atoms with Crippen LogP contribution >= 0.6 is 22.7 Å². The second-order valence-electron chi connectivity index (χ2n) is 12.8. The number of oxime groups is 1. The van der Waals surface area contributed by atoms with Gasteiger partial charge < -0.3 is 25.4 Å². The van der Waals surface area contributed by atoms with Crippen LogP contribution in [-0.4, -0.2) is 100 Å². The van der Waals surface area contributed by atoms with E-state index in [0.717, 1.165) is 21.1 Å². The van der Waals surface area contributed by atoms with Crippen LogP contribution in [0.3, 0.4) is 0 Å². The summed E-state index contributed by atoms with van der Waals surface area (Å²) in [5.74, 6) is -0.662. The lowest BCUT2D eigenvalue weighted by Gasteiger charge is -2.34. The lowest BCUT2D eigenvalue weighted by Crippen LogP contribution is -2.57. The maximum Gasteiger partial charge on any atom is 0.321 e. The van der Waals surface area contributed by atoms with Crippen molar-refractivity contribution in [2.24, 2.45) is 11.1 Å². The molecule has 1 aliphatic heterocycles. The van der Waals surface area contributed by atoms with E-state index < -0.39 is 34.1 Å². The van der Waals surface area contributed by atoms with Gasteiger partial charge in [-0.05, 0) is 60.4 Å². The van der Waals surface area contributed by atoms with E-state index in [-0.39, 0.29) is 36.4 Å². The smallest absolute Gasteiger partial charge is 0.321 e. The average molecular weight is 753 g/mol. The number of carbonyl (C=O) groups is 2. The minimum absolute atomic E-state index is 0.0180. The van der Waals surface area contributed by atoms with Crippen LogP contribution in [0.25, 0.3) is 0 Å². The molecule has 1 aliphatic rings. The van der Waals surface area contributed by atoms with Crippen LogP contribution in [0.1, 0.15) is 40.6 Å². The summed E-state index contributed by atoms with van der Waals surface area (Å²) in [5.41, 5.74) is 2.17. The molecular weight excluding hydrogens is 709 g/mol. The van der Waals surface area contributed by atoms with Gasteiger partial charge in [-0.25, -0.2) is 18.2 Å². The maximum absolute atomic E-state index is 14.2. The van der Waals surface area contributed by atoms with Gasteiger partial charge in [-0.2, -0.15) is 4.31 Å². The molecule has 2 aromatic heterocycles. The average Bonchev–Trinajstić information content (AvgIpc) is 3.86. The lowest BCUT2D eigenvalue weighted by atomic mass is 9.98. The number of aryl methyl sites for hydroxylation is 1. The molecule has 15 heteroatoms. The summed E-state index contributed by atoms with van der Waals surface area (Å²) in [6.45, 7) is 6.64. The molecule has 5 rings (SSSR count). The van der Waals surface area contributed by atoms with Crippen molar-refractivity contribution in [1.29, 1.82) is 0 Å². The summed E-state index contributed by atoms with van der Waals surface area (Å²) in [7, 11) is -4.10. The number of benzene rings is 2. The fourth-order valence-corrected chi connectivity index (χ4v) is 8.94. The molecule has 3 heterocycles. The third-order valence-electron chi connectivity index (χ3n) is 8.78. The molecule has 3 amide bonds. The van der Waals surface area contributed by atoms with E-state index in [0.29, 0.717) is 31.6 Å². The first-order valence-corrected chi connectivity index (χ1v) is 19.9. The molecule has 1 unspecified atom stereocenters. The highest BCUT2D eigenvalue weighted by atomic mass is 32.2. The lowest BCUT2D eigenvalue weighted by molar-refractivity contribution is -0.128. The van der Waals surface area contributed by atoms with E-state index in [1.54, 1.807) is 9.80 Å². The van der Waals surface area contributed by atoms with Crippen LogP contribution in [0.4, 0.5) is 4.79 Å². The third-order valence-corrected chi connectivity index (χ3v) is 12.4. The molecule has 0 spiro atoms.